The zero-order chi connectivity index (χ0) is 13.2. The third-order valence-electron chi connectivity index (χ3n) is 2.07. The topological polar surface area (TPSA) is 34.1 Å². The van der Waals surface area contributed by atoms with Crippen LogP contribution in [0.2, 0.25) is 0 Å². The highest BCUT2D eigenvalue weighted by Gasteiger charge is 2.88. The second-order valence-electron chi connectivity index (χ2n) is 3.05. The Kier molecular flexibility index (Phi) is 2.51. The van der Waals surface area contributed by atoms with Crippen LogP contribution in [0.1, 0.15) is 0 Å². The third-order valence-corrected chi connectivity index (χ3v) is 3.85. The summed E-state index contributed by atoms with van der Waals surface area (Å²) in [6.07, 6.45) is -6.55. The molecular formula is C5H2F8O2S. The molecule has 0 bridgehead atoms. The molecule has 1 heterocycles. The first-order valence-electron chi connectivity index (χ1n) is 3.45. The van der Waals surface area contributed by atoms with Crippen LogP contribution in [0.3, 0.4) is 0 Å². The molecule has 1 aliphatic rings. The molecule has 0 amide bonds. The Balaban J connectivity index is 3.55. The fourth-order valence-corrected chi connectivity index (χ4v) is 2.71. The summed E-state index contributed by atoms with van der Waals surface area (Å²) >= 11 is 0. The van der Waals surface area contributed by atoms with E-state index in [-0.39, 0.29) is 0 Å². The monoisotopic (exact) mass is 278 g/mol. The lowest BCUT2D eigenvalue weighted by molar-refractivity contribution is -0.309. The lowest BCUT2D eigenvalue weighted by atomic mass is 9.99. The molecule has 1 fully saturated rings. The predicted molar refractivity (Wildman–Crippen MR) is 33.6 cm³/mol. The molecule has 0 aliphatic carbocycles. The van der Waals surface area contributed by atoms with Crippen molar-refractivity contribution in [3.05, 3.63) is 0 Å². The number of sulfone groups is 1. The second-order valence-corrected chi connectivity index (χ2v) is 5.06. The van der Waals surface area contributed by atoms with Crippen LogP contribution in [0.4, 0.5) is 35.1 Å². The molecule has 0 spiro atoms. The van der Waals surface area contributed by atoms with Gasteiger partial charge in [0.15, 0.2) is 0 Å². The van der Waals surface area contributed by atoms with Gasteiger partial charge in [0.25, 0.3) is 11.0 Å². The zero-order valence-corrected chi connectivity index (χ0v) is 7.72. The first kappa shape index (κ1) is 13.5. The van der Waals surface area contributed by atoms with Gasteiger partial charge in [-0.2, -0.15) is 22.0 Å². The Morgan fingerprint density at radius 1 is 0.938 bits per heavy atom. The quantitative estimate of drug-likeness (QED) is 0.634. The van der Waals surface area contributed by atoms with Gasteiger partial charge < -0.3 is 0 Å². The van der Waals surface area contributed by atoms with Gasteiger partial charge in [-0.3, -0.25) is 0 Å². The van der Waals surface area contributed by atoms with Crippen molar-refractivity contribution < 1.29 is 43.5 Å². The average Bonchev–Trinajstić information content (AvgIpc) is 2.18. The molecule has 0 aromatic carbocycles. The fourth-order valence-electron chi connectivity index (χ4n) is 1.17. The summed E-state index contributed by atoms with van der Waals surface area (Å²) in [6, 6.07) is 0. The smallest absolute Gasteiger partial charge is 0.226 e. The molecule has 1 saturated heterocycles. The molecule has 3 unspecified atom stereocenters. The van der Waals surface area contributed by atoms with E-state index < -0.39 is 38.6 Å². The Bertz CT molecular complexity index is 399. The van der Waals surface area contributed by atoms with E-state index in [1.54, 1.807) is 0 Å². The van der Waals surface area contributed by atoms with E-state index in [1.807, 2.05) is 0 Å². The normalized spacial score (nSPS) is 42.2. The van der Waals surface area contributed by atoms with Gasteiger partial charge in [0, 0.05) is 0 Å². The van der Waals surface area contributed by atoms with Crippen LogP contribution in [-0.2, 0) is 9.84 Å². The van der Waals surface area contributed by atoms with E-state index in [0.717, 1.165) is 0 Å². The molecule has 1 rings (SSSR count). The van der Waals surface area contributed by atoms with Crippen molar-refractivity contribution in [2.24, 2.45) is 0 Å². The van der Waals surface area contributed by atoms with Crippen molar-refractivity contribution in [2.75, 3.05) is 0 Å². The largest absolute Gasteiger partial charge is 0.432 e. The highest BCUT2D eigenvalue weighted by Crippen LogP contribution is 2.58. The maximum Gasteiger partial charge on any atom is 0.432 e. The molecule has 11 heteroatoms. The van der Waals surface area contributed by atoms with E-state index in [2.05, 4.69) is 0 Å². The molecule has 0 radical (unpaired) electrons. The number of halogens is 8. The minimum Gasteiger partial charge on any atom is -0.226 e. The molecule has 1 aliphatic heterocycles. The summed E-state index contributed by atoms with van der Waals surface area (Å²) in [6.45, 7) is 0. The number of alkyl halides is 8. The Labute approximate surface area is 83.1 Å². The third kappa shape index (κ3) is 1.20. The van der Waals surface area contributed by atoms with Gasteiger partial charge in [0.2, 0.25) is 9.84 Å². The van der Waals surface area contributed by atoms with Crippen LogP contribution in [-0.4, -0.2) is 37.2 Å². The highest BCUT2D eigenvalue weighted by molar-refractivity contribution is 7.92. The van der Waals surface area contributed by atoms with Crippen LogP contribution in [0.25, 0.3) is 0 Å². The molecule has 0 aromatic rings. The van der Waals surface area contributed by atoms with Crippen molar-refractivity contribution in [3.8, 4) is 0 Å². The molecule has 0 saturated carbocycles. The molecule has 0 aromatic heterocycles. The van der Waals surface area contributed by atoms with Gasteiger partial charge >= 0.3 is 17.8 Å². The standard InChI is InChI=1S/C5H2F8O2S/c6-1-3(8,5(11,12)13)4(9,10)2(7)16(1,14)15/h1-2H. The molecule has 2 nitrogen and oxygen atoms in total. The Morgan fingerprint density at radius 3 is 1.44 bits per heavy atom. The number of hydrogen-bond acceptors (Lipinski definition) is 2. The lowest BCUT2D eigenvalue weighted by Gasteiger charge is -2.28. The van der Waals surface area contributed by atoms with Gasteiger partial charge in [0.05, 0.1) is 0 Å². The summed E-state index contributed by atoms with van der Waals surface area (Å²) < 4.78 is 119. The highest BCUT2D eigenvalue weighted by atomic mass is 32.2. The summed E-state index contributed by atoms with van der Waals surface area (Å²) in [5, 5.41) is 0. The van der Waals surface area contributed by atoms with Crippen LogP contribution >= 0.6 is 0 Å². The van der Waals surface area contributed by atoms with Crippen LogP contribution < -0.4 is 0 Å². The van der Waals surface area contributed by atoms with Crippen molar-refractivity contribution >= 4 is 9.84 Å². The van der Waals surface area contributed by atoms with Gasteiger partial charge in [0.1, 0.15) is 0 Å². The van der Waals surface area contributed by atoms with Gasteiger partial charge in [-0.05, 0) is 0 Å². The van der Waals surface area contributed by atoms with Gasteiger partial charge in [-0.1, -0.05) is 0 Å². The van der Waals surface area contributed by atoms with E-state index >= 15 is 0 Å². The van der Waals surface area contributed by atoms with Crippen molar-refractivity contribution in [3.63, 3.8) is 0 Å². The zero-order valence-electron chi connectivity index (χ0n) is 6.90. The molecule has 16 heavy (non-hydrogen) atoms. The first-order valence-corrected chi connectivity index (χ1v) is 5.06. The van der Waals surface area contributed by atoms with Gasteiger partial charge in [-0.25, -0.2) is 21.6 Å². The molecule has 0 N–H and O–H groups in total. The van der Waals surface area contributed by atoms with E-state index in [4.69, 9.17) is 0 Å². The minimum atomic E-state index is -6.55. The maximum atomic E-state index is 12.9. The van der Waals surface area contributed by atoms with E-state index in [9.17, 15) is 43.5 Å². The summed E-state index contributed by atoms with van der Waals surface area (Å²) in [5.41, 5.74) is -15.3. The average molecular weight is 278 g/mol. The summed E-state index contributed by atoms with van der Waals surface area (Å²) in [5.74, 6) is -6.02. The molecule has 3 atom stereocenters. The first-order chi connectivity index (χ1) is 6.81. The maximum absolute atomic E-state index is 12.9. The van der Waals surface area contributed by atoms with Crippen LogP contribution in [0, 0.1) is 0 Å². The van der Waals surface area contributed by atoms with Crippen molar-refractivity contribution in [1.29, 1.82) is 0 Å². The predicted octanol–water partition coefficient (Wildman–Crippen LogP) is 1.91. The molecular weight excluding hydrogens is 276 g/mol. The van der Waals surface area contributed by atoms with Crippen molar-refractivity contribution in [2.45, 2.75) is 28.8 Å². The second kappa shape index (κ2) is 2.99. The number of rotatable bonds is 0. The minimum absolute atomic E-state index is 4.57. The van der Waals surface area contributed by atoms with E-state index in [1.165, 1.54) is 0 Å². The Hall–Kier alpha value is -0.610. The SMILES string of the molecule is O=S1(=O)C(F)C(F)(F)C(F)(C(F)(F)F)C1F. The fraction of sp³-hybridized carbons (Fsp3) is 1.00. The van der Waals surface area contributed by atoms with Crippen molar-refractivity contribution in [1.82, 2.24) is 0 Å². The van der Waals surface area contributed by atoms with Crippen LogP contribution in [0.15, 0.2) is 0 Å². The van der Waals surface area contributed by atoms with E-state index in [0.29, 0.717) is 0 Å². The van der Waals surface area contributed by atoms with Crippen LogP contribution in [0.5, 0.6) is 0 Å². The number of hydrogen-bond donors (Lipinski definition) is 0. The molecule has 96 valence electrons. The summed E-state index contributed by atoms with van der Waals surface area (Å²) in [4.78, 5) is 0. The van der Waals surface area contributed by atoms with Gasteiger partial charge in [-0.15, -0.1) is 0 Å². The summed E-state index contributed by atoms with van der Waals surface area (Å²) in [7, 11) is -6.18. The Morgan fingerprint density at radius 2 is 1.31 bits per heavy atom. The lowest BCUT2D eigenvalue weighted by Crippen LogP contribution is -2.58.